The Balaban J connectivity index is 1.95. The highest BCUT2D eigenvalue weighted by Gasteiger charge is 2.15. The van der Waals surface area contributed by atoms with Crippen LogP contribution in [0.5, 0.6) is 11.8 Å². The van der Waals surface area contributed by atoms with E-state index in [0.717, 1.165) is 11.1 Å². The van der Waals surface area contributed by atoms with Crippen molar-refractivity contribution in [3.05, 3.63) is 36.7 Å². The molecule has 7 heteroatoms. The summed E-state index contributed by atoms with van der Waals surface area (Å²) < 4.78 is 18.0. The molecule has 0 atom stereocenters. The Morgan fingerprint density at radius 3 is 2.82 bits per heavy atom. The summed E-state index contributed by atoms with van der Waals surface area (Å²) in [6.07, 6.45) is 3.35. The fraction of sp³-hybridized carbons (Fsp3) is 0.133. The van der Waals surface area contributed by atoms with Gasteiger partial charge >= 0.3 is 0 Å². The van der Waals surface area contributed by atoms with E-state index >= 15 is 0 Å². The Hall–Kier alpha value is -3.09. The van der Waals surface area contributed by atoms with Crippen molar-refractivity contribution in [1.82, 2.24) is 19.6 Å². The van der Waals surface area contributed by atoms with Crippen molar-refractivity contribution in [2.75, 3.05) is 14.2 Å². The third-order valence-electron chi connectivity index (χ3n) is 3.40. The van der Waals surface area contributed by atoms with Crippen LogP contribution in [0.3, 0.4) is 0 Å². The van der Waals surface area contributed by atoms with Crippen LogP contribution in [0.15, 0.2) is 41.1 Å². The maximum absolute atomic E-state index is 5.87. The third-order valence-corrected chi connectivity index (χ3v) is 3.40. The molecule has 0 spiro atoms. The topological polar surface area (TPSA) is 74.7 Å². The molecule has 110 valence electrons. The van der Waals surface area contributed by atoms with E-state index in [-0.39, 0.29) is 0 Å². The van der Waals surface area contributed by atoms with Gasteiger partial charge in [-0.3, -0.25) is 0 Å². The Morgan fingerprint density at radius 1 is 1.09 bits per heavy atom. The van der Waals surface area contributed by atoms with Crippen LogP contribution in [-0.4, -0.2) is 33.8 Å². The van der Waals surface area contributed by atoms with Gasteiger partial charge in [0.2, 0.25) is 11.8 Å². The predicted octanol–water partition coefficient (Wildman–Crippen LogP) is 2.55. The highest BCUT2D eigenvalue weighted by Crippen LogP contribution is 2.32. The van der Waals surface area contributed by atoms with Crippen molar-refractivity contribution < 1.29 is 13.9 Å². The summed E-state index contributed by atoms with van der Waals surface area (Å²) in [4.78, 5) is 8.49. The van der Waals surface area contributed by atoms with Crippen LogP contribution in [0.1, 0.15) is 0 Å². The minimum atomic E-state index is 0.502. The van der Waals surface area contributed by atoms with Gasteiger partial charge < -0.3 is 13.9 Å². The molecule has 0 aliphatic rings. The number of aromatic nitrogens is 4. The van der Waals surface area contributed by atoms with E-state index < -0.39 is 0 Å². The van der Waals surface area contributed by atoms with Crippen molar-refractivity contribution in [2.45, 2.75) is 0 Å². The molecule has 0 fully saturated rings. The standard InChI is InChI=1S/C15H12N4O3/c1-20-14-4-3-13-17-8-10(19(13)18-14)12-7-9-11(22-12)5-6-16-15(9)21-2/h3-8H,1-2H3. The summed E-state index contributed by atoms with van der Waals surface area (Å²) in [6, 6.07) is 7.25. The molecule has 0 aliphatic heterocycles. The number of nitrogens with zero attached hydrogens (tertiary/aromatic N) is 4. The number of ether oxygens (including phenoxy) is 2. The Bertz CT molecular complexity index is 973. The van der Waals surface area contributed by atoms with Crippen LogP contribution in [-0.2, 0) is 0 Å². The van der Waals surface area contributed by atoms with Crippen LogP contribution < -0.4 is 9.47 Å². The molecule has 4 rings (SSSR count). The normalized spacial score (nSPS) is 11.2. The number of fused-ring (bicyclic) bond motifs is 2. The monoisotopic (exact) mass is 296 g/mol. The number of rotatable bonds is 3. The first-order valence-electron chi connectivity index (χ1n) is 6.62. The second-order valence-corrected chi connectivity index (χ2v) is 4.63. The molecule has 0 amide bonds. The van der Waals surface area contributed by atoms with E-state index in [0.29, 0.717) is 28.8 Å². The van der Waals surface area contributed by atoms with E-state index in [9.17, 15) is 0 Å². The zero-order valence-corrected chi connectivity index (χ0v) is 12.0. The minimum absolute atomic E-state index is 0.502. The molecular weight excluding hydrogens is 284 g/mol. The lowest BCUT2D eigenvalue weighted by atomic mass is 10.3. The summed E-state index contributed by atoms with van der Waals surface area (Å²) in [7, 11) is 3.15. The zero-order valence-electron chi connectivity index (χ0n) is 12.0. The lowest BCUT2D eigenvalue weighted by Crippen LogP contribution is -1.96. The highest BCUT2D eigenvalue weighted by atomic mass is 16.5. The van der Waals surface area contributed by atoms with Gasteiger partial charge in [0.1, 0.15) is 11.3 Å². The molecule has 0 aromatic carbocycles. The third kappa shape index (κ3) is 1.79. The second-order valence-electron chi connectivity index (χ2n) is 4.63. The van der Waals surface area contributed by atoms with Crippen LogP contribution in [0.4, 0.5) is 0 Å². The zero-order chi connectivity index (χ0) is 15.1. The fourth-order valence-corrected chi connectivity index (χ4v) is 2.36. The molecular formula is C15H12N4O3. The SMILES string of the molecule is COc1ccc2ncc(-c3cc4c(OC)nccc4o3)n2n1. The van der Waals surface area contributed by atoms with Crippen LogP contribution in [0.2, 0.25) is 0 Å². The first-order chi connectivity index (χ1) is 10.8. The predicted molar refractivity (Wildman–Crippen MR) is 79.1 cm³/mol. The smallest absolute Gasteiger partial charge is 0.231 e. The average Bonchev–Trinajstić information content (AvgIpc) is 3.16. The second kappa shape index (κ2) is 4.73. The first-order valence-corrected chi connectivity index (χ1v) is 6.62. The van der Waals surface area contributed by atoms with Gasteiger partial charge in [-0.2, -0.15) is 0 Å². The Morgan fingerprint density at radius 2 is 2.00 bits per heavy atom. The molecule has 0 saturated carbocycles. The minimum Gasteiger partial charge on any atom is -0.480 e. The Labute approximate surface area is 125 Å². The van der Waals surface area contributed by atoms with Crippen molar-refractivity contribution >= 4 is 16.6 Å². The van der Waals surface area contributed by atoms with E-state index in [2.05, 4.69) is 15.1 Å². The van der Waals surface area contributed by atoms with Crippen molar-refractivity contribution in [3.63, 3.8) is 0 Å². The summed E-state index contributed by atoms with van der Waals surface area (Å²) in [6.45, 7) is 0. The van der Waals surface area contributed by atoms with Crippen molar-refractivity contribution in [2.24, 2.45) is 0 Å². The van der Waals surface area contributed by atoms with E-state index in [4.69, 9.17) is 13.9 Å². The van der Waals surface area contributed by atoms with E-state index in [1.54, 1.807) is 43.3 Å². The molecule has 0 aliphatic carbocycles. The average molecular weight is 296 g/mol. The molecule has 4 aromatic heterocycles. The molecule has 22 heavy (non-hydrogen) atoms. The van der Waals surface area contributed by atoms with Crippen LogP contribution >= 0.6 is 0 Å². The van der Waals surface area contributed by atoms with Gasteiger partial charge in [-0.25, -0.2) is 14.5 Å². The molecule has 4 heterocycles. The quantitative estimate of drug-likeness (QED) is 0.578. The molecule has 7 nitrogen and oxygen atoms in total. The summed E-state index contributed by atoms with van der Waals surface area (Å²) in [5.74, 6) is 1.66. The summed E-state index contributed by atoms with van der Waals surface area (Å²) >= 11 is 0. The maximum atomic E-state index is 5.87. The van der Waals surface area contributed by atoms with Gasteiger partial charge in [-0.1, -0.05) is 0 Å². The molecule has 0 radical (unpaired) electrons. The molecule has 0 bridgehead atoms. The van der Waals surface area contributed by atoms with Crippen molar-refractivity contribution in [1.29, 1.82) is 0 Å². The van der Waals surface area contributed by atoms with Gasteiger partial charge in [0, 0.05) is 18.3 Å². The molecule has 0 saturated heterocycles. The van der Waals surface area contributed by atoms with Crippen molar-refractivity contribution in [3.8, 4) is 23.2 Å². The lowest BCUT2D eigenvalue weighted by Gasteiger charge is -2.00. The number of hydrogen-bond acceptors (Lipinski definition) is 6. The first kappa shape index (κ1) is 12.6. The Kier molecular flexibility index (Phi) is 2.72. The lowest BCUT2D eigenvalue weighted by molar-refractivity contribution is 0.390. The number of pyridine rings is 1. The van der Waals surface area contributed by atoms with Gasteiger partial charge in [-0.05, 0) is 12.1 Å². The maximum Gasteiger partial charge on any atom is 0.231 e. The number of imidazole rings is 1. The van der Waals surface area contributed by atoms with E-state index in [1.165, 1.54) is 0 Å². The van der Waals surface area contributed by atoms with Gasteiger partial charge in [0.15, 0.2) is 11.4 Å². The number of hydrogen-bond donors (Lipinski definition) is 0. The number of furan rings is 1. The highest BCUT2D eigenvalue weighted by molar-refractivity contribution is 5.86. The molecule has 0 unspecified atom stereocenters. The van der Waals surface area contributed by atoms with Crippen LogP contribution in [0.25, 0.3) is 28.1 Å². The summed E-state index contributed by atoms with van der Waals surface area (Å²) in [5, 5.41) is 5.17. The molecule has 4 aromatic rings. The van der Waals surface area contributed by atoms with Crippen LogP contribution in [0, 0.1) is 0 Å². The largest absolute Gasteiger partial charge is 0.480 e. The number of methoxy groups -OCH3 is 2. The van der Waals surface area contributed by atoms with Gasteiger partial charge in [0.25, 0.3) is 0 Å². The summed E-state index contributed by atoms with van der Waals surface area (Å²) in [5.41, 5.74) is 2.13. The fourth-order valence-electron chi connectivity index (χ4n) is 2.36. The van der Waals surface area contributed by atoms with E-state index in [1.807, 2.05) is 12.1 Å². The molecule has 0 N–H and O–H groups in total. The van der Waals surface area contributed by atoms with Gasteiger partial charge in [0.05, 0.1) is 25.8 Å². The van der Waals surface area contributed by atoms with Gasteiger partial charge in [-0.15, -0.1) is 5.10 Å².